The van der Waals surface area contributed by atoms with Gasteiger partial charge < -0.3 is 5.32 Å². The van der Waals surface area contributed by atoms with Crippen LogP contribution in [0.15, 0.2) is 38.6 Å². The fourth-order valence-electron chi connectivity index (χ4n) is 1.55. The first-order chi connectivity index (χ1) is 9.06. The lowest BCUT2D eigenvalue weighted by atomic mass is 10.2. The molecule has 1 N–H and O–H groups in total. The van der Waals surface area contributed by atoms with E-state index < -0.39 is 11.7 Å². The number of rotatable bonds is 4. The lowest BCUT2D eigenvalue weighted by molar-refractivity contribution is 0.0950. The molecule has 1 aromatic carbocycles. The maximum absolute atomic E-state index is 13.5. The van der Waals surface area contributed by atoms with Crippen molar-refractivity contribution in [3.05, 3.63) is 54.8 Å². The van der Waals surface area contributed by atoms with Crippen LogP contribution in [0.25, 0.3) is 0 Å². The molecule has 0 aliphatic carbocycles. The summed E-state index contributed by atoms with van der Waals surface area (Å²) in [5, 5.41) is 2.72. The lowest BCUT2D eigenvalue weighted by Crippen LogP contribution is -2.26. The highest BCUT2D eigenvalue weighted by molar-refractivity contribution is 9.11. The Hall–Kier alpha value is -0.720. The predicted octanol–water partition coefficient (Wildman–Crippen LogP) is 4.38. The van der Waals surface area contributed by atoms with Gasteiger partial charge in [0.2, 0.25) is 0 Å². The highest BCUT2D eigenvalue weighted by Crippen LogP contribution is 2.22. The molecule has 1 heterocycles. The van der Waals surface area contributed by atoms with Crippen LogP contribution in [0.2, 0.25) is 0 Å². The summed E-state index contributed by atoms with van der Waals surface area (Å²) in [7, 11) is 0. The van der Waals surface area contributed by atoms with E-state index in [4.69, 9.17) is 0 Å². The van der Waals surface area contributed by atoms with Crippen LogP contribution in [0.5, 0.6) is 0 Å². The summed E-state index contributed by atoms with van der Waals surface area (Å²) in [5.74, 6) is -0.908. The topological polar surface area (TPSA) is 29.1 Å². The summed E-state index contributed by atoms with van der Waals surface area (Å²) in [4.78, 5) is 13.0. The summed E-state index contributed by atoms with van der Waals surface area (Å²) in [6.45, 7) is 0.484. The third-order valence-electron chi connectivity index (χ3n) is 2.46. The van der Waals surface area contributed by atoms with Gasteiger partial charge in [-0.2, -0.15) is 0 Å². The van der Waals surface area contributed by atoms with E-state index in [1.165, 1.54) is 17.0 Å². The standard InChI is InChI=1S/C13H10Br2FNOS/c14-8-1-3-11(16)10(7-8)13(18)17-6-5-9-2-4-12(15)19-9/h1-4,7H,5-6H2,(H,17,18). The van der Waals surface area contributed by atoms with Crippen molar-refractivity contribution < 1.29 is 9.18 Å². The number of benzene rings is 1. The Labute approximate surface area is 131 Å². The molecule has 0 aliphatic heterocycles. The van der Waals surface area contributed by atoms with E-state index in [1.807, 2.05) is 12.1 Å². The number of thiophene rings is 1. The van der Waals surface area contributed by atoms with Gasteiger partial charge in [-0.3, -0.25) is 4.79 Å². The molecule has 2 rings (SSSR count). The number of carbonyl (C=O) groups is 1. The molecular formula is C13H10Br2FNOS. The predicted molar refractivity (Wildman–Crippen MR) is 82.2 cm³/mol. The van der Waals surface area contributed by atoms with E-state index >= 15 is 0 Å². The molecule has 0 aliphatic rings. The van der Waals surface area contributed by atoms with Gasteiger partial charge in [-0.1, -0.05) is 15.9 Å². The smallest absolute Gasteiger partial charge is 0.254 e. The van der Waals surface area contributed by atoms with Crippen LogP contribution < -0.4 is 5.32 Å². The Morgan fingerprint density at radius 2 is 2.05 bits per heavy atom. The normalized spacial score (nSPS) is 10.5. The Morgan fingerprint density at radius 1 is 1.26 bits per heavy atom. The van der Waals surface area contributed by atoms with Gasteiger partial charge in [0.05, 0.1) is 9.35 Å². The van der Waals surface area contributed by atoms with E-state index in [0.29, 0.717) is 11.0 Å². The van der Waals surface area contributed by atoms with Crippen molar-refractivity contribution in [2.45, 2.75) is 6.42 Å². The largest absolute Gasteiger partial charge is 0.352 e. The van der Waals surface area contributed by atoms with Crippen molar-refractivity contribution in [3.63, 3.8) is 0 Å². The van der Waals surface area contributed by atoms with Crippen molar-refractivity contribution in [2.75, 3.05) is 6.54 Å². The van der Waals surface area contributed by atoms with Crippen LogP contribution in [0.3, 0.4) is 0 Å². The first-order valence-electron chi connectivity index (χ1n) is 5.54. The number of hydrogen-bond donors (Lipinski definition) is 1. The third kappa shape index (κ3) is 4.12. The highest BCUT2D eigenvalue weighted by atomic mass is 79.9. The van der Waals surface area contributed by atoms with Crippen LogP contribution in [-0.4, -0.2) is 12.5 Å². The molecule has 0 unspecified atom stereocenters. The summed E-state index contributed by atoms with van der Waals surface area (Å²) < 4.78 is 15.2. The summed E-state index contributed by atoms with van der Waals surface area (Å²) >= 11 is 8.23. The number of halogens is 3. The molecule has 0 radical (unpaired) electrons. The lowest BCUT2D eigenvalue weighted by Gasteiger charge is -2.05. The van der Waals surface area contributed by atoms with Crippen molar-refractivity contribution in [1.82, 2.24) is 5.32 Å². The highest BCUT2D eigenvalue weighted by Gasteiger charge is 2.11. The van der Waals surface area contributed by atoms with Crippen LogP contribution in [0, 0.1) is 5.82 Å². The molecule has 2 nitrogen and oxygen atoms in total. The molecule has 1 aromatic heterocycles. The second kappa shape index (κ2) is 6.63. The molecule has 6 heteroatoms. The number of carbonyl (C=O) groups excluding carboxylic acids is 1. The molecule has 2 aromatic rings. The zero-order valence-electron chi connectivity index (χ0n) is 9.75. The van der Waals surface area contributed by atoms with Crippen LogP contribution in [0.1, 0.15) is 15.2 Å². The molecule has 0 saturated heterocycles. The van der Waals surface area contributed by atoms with Crippen molar-refractivity contribution >= 4 is 49.1 Å². The quantitative estimate of drug-likeness (QED) is 0.801. The molecule has 100 valence electrons. The van der Waals surface area contributed by atoms with Gasteiger partial charge >= 0.3 is 0 Å². The first-order valence-corrected chi connectivity index (χ1v) is 7.94. The summed E-state index contributed by atoms with van der Waals surface area (Å²) in [6, 6.07) is 8.29. The van der Waals surface area contributed by atoms with Gasteiger partial charge in [0, 0.05) is 15.9 Å². The van der Waals surface area contributed by atoms with E-state index in [0.717, 1.165) is 10.2 Å². The monoisotopic (exact) mass is 405 g/mol. The zero-order chi connectivity index (χ0) is 13.8. The van der Waals surface area contributed by atoms with E-state index in [9.17, 15) is 9.18 Å². The van der Waals surface area contributed by atoms with Gasteiger partial charge in [-0.15, -0.1) is 11.3 Å². The molecule has 0 bridgehead atoms. The van der Waals surface area contributed by atoms with Gasteiger partial charge in [0.1, 0.15) is 5.82 Å². The summed E-state index contributed by atoms with van der Waals surface area (Å²) in [5.41, 5.74) is 0.0572. The number of amides is 1. The molecular weight excluding hydrogens is 397 g/mol. The van der Waals surface area contributed by atoms with Crippen LogP contribution >= 0.6 is 43.2 Å². The number of nitrogens with one attached hydrogen (secondary N) is 1. The Bertz CT molecular complexity index is 600. The minimum Gasteiger partial charge on any atom is -0.352 e. The minimum absolute atomic E-state index is 0.0572. The maximum Gasteiger partial charge on any atom is 0.254 e. The van der Waals surface area contributed by atoms with Gasteiger partial charge in [-0.25, -0.2) is 4.39 Å². The fraction of sp³-hybridized carbons (Fsp3) is 0.154. The van der Waals surface area contributed by atoms with Crippen LogP contribution in [0.4, 0.5) is 4.39 Å². The van der Waals surface area contributed by atoms with Crippen molar-refractivity contribution in [3.8, 4) is 0 Å². The van der Waals surface area contributed by atoms with E-state index in [-0.39, 0.29) is 5.56 Å². The maximum atomic E-state index is 13.5. The Morgan fingerprint density at radius 3 is 2.74 bits per heavy atom. The second-order valence-corrected chi connectivity index (χ2v) is 7.30. The average Bonchev–Trinajstić information content (AvgIpc) is 2.78. The van der Waals surface area contributed by atoms with Crippen molar-refractivity contribution in [1.29, 1.82) is 0 Å². The number of hydrogen-bond acceptors (Lipinski definition) is 2. The van der Waals surface area contributed by atoms with Gasteiger partial charge in [-0.05, 0) is 52.7 Å². The van der Waals surface area contributed by atoms with E-state index in [2.05, 4.69) is 37.2 Å². The van der Waals surface area contributed by atoms with Gasteiger partial charge in [0.25, 0.3) is 5.91 Å². The molecule has 0 atom stereocenters. The van der Waals surface area contributed by atoms with Crippen LogP contribution in [-0.2, 0) is 6.42 Å². The molecule has 19 heavy (non-hydrogen) atoms. The SMILES string of the molecule is O=C(NCCc1ccc(Br)s1)c1cc(Br)ccc1F. The third-order valence-corrected chi connectivity index (χ3v) is 4.64. The average molecular weight is 407 g/mol. The summed E-state index contributed by atoms with van der Waals surface area (Å²) in [6.07, 6.45) is 0.734. The zero-order valence-corrected chi connectivity index (χ0v) is 13.7. The van der Waals surface area contributed by atoms with Crippen molar-refractivity contribution in [2.24, 2.45) is 0 Å². The Balaban J connectivity index is 1.92. The molecule has 1 amide bonds. The first kappa shape index (κ1) is 14.7. The second-order valence-electron chi connectivity index (χ2n) is 3.84. The minimum atomic E-state index is -0.514. The molecule has 0 spiro atoms. The Kier molecular flexibility index (Phi) is 5.13. The molecule has 0 fully saturated rings. The van der Waals surface area contributed by atoms with Gasteiger partial charge in [0.15, 0.2) is 0 Å². The van der Waals surface area contributed by atoms with E-state index in [1.54, 1.807) is 17.4 Å². The fourth-order valence-corrected chi connectivity index (χ4v) is 3.40. The molecule has 0 saturated carbocycles.